The van der Waals surface area contributed by atoms with Crippen LogP contribution < -0.4 is 15.8 Å². The molecular formula is C24H22F3N5OS. The second-order valence-corrected chi connectivity index (χ2v) is 9.29. The molecule has 6 nitrogen and oxygen atoms in total. The van der Waals surface area contributed by atoms with Crippen molar-refractivity contribution in [2.45, 2.75) is 44.3 Å². The van der Waals surface area contributed by atoms with Crippen molar-refractivity contribution in [2.24, 2.45) is 0 Å². The molecule has 1 saturated carbocycles. The van der Waals surface area contributed by atoms with Gasteiger partial charge >= 0.3 is 6.18 Å². The molecule has 0 atom stereocenters. The van der Waals surface area contributed by atoms with E-state index in [1.165, 1.54) is 44.5 Å². The smallest absolute Gasteiger partial charge is 0.419 e. The standard InChI is InChI=1S/C24H22F3N5OS/c25-24(26,27)18-10-14(13-30-22(18)28)20-11-17(8-9-29-20)33-16-6-7-19-21(12-16)34-23(32-19)31-15-4-2-1-3-5-15/h6-13,15H,1-5H2,(H2,28,30)(H,31,32). The maximum absolute atomic E-state index is 13.2. The second-order valence-electron chi connectivity index (χ2n) is 8.26. The molecule has 176 valence electrons. The maximum Gasteiger partial charge on any atom is 0.419 e. The highest BCUT2D eigenvalue weighted by molar-refractivity contribution is 7.22. The molecule has 0 bridgehead atoms. The zero-order valence-corrected chi connectivity index (χ0v) is 18.9. The Kier molecular flexibility index (Phi) is 5.99. The third kappa shape index (κ3) is 4.91. The lowest BCUT2D eigenvalue weighted by molar-refractivity contribution is -0.137. The van der Waals surface area contributed by atoms with Crippen molar-refractivity contribution in [3.05, 3.63) is 54.4 Å². The Morgan fingerprint density at radius 1 is 1.00 bits per heavy atom. The number of fused-ring (bicyclic) bond motifs is 1. The molecule has 0 amide bonds. The van der Waals surface area contributed by atoms with Gasteiger partial charge in [-0.2, -0.15) is 13.2 Å². The zero-order chi connectivity index (χ0) is 23.7. The molecule has 1 aliphatic carbocycles. The molecule has 4 aromatic rings. The Bertz CT molecular complexity index is 1320. The van der Waals surface area contributed by atoms with Gasteiger partial charge in [0.2, 0.25) is 0 Å². The molecule has 3 aromatic heterocycles. The Labute approximate surface area is 198 Å². The van der Waals surface area contributed by atoms with Gasteiger partial charge in [0.1, 0.15) is 17.3 Å². The van der Waals surface area contributed by atoms with Gasteiger partial charge < -0.3 is 15.8 Å². The van der Waals surface area contributed by atoms with Crippen molar-refractivity contribution in [3.63, 3.8) is 0 Å². The number of hydrogen-bond acceptors (Lipinski definition) is 7. The molecule has 10 heteroatoms. The van der Waals surface area contributed by atoms with Crippen LogP contribution in [0.15, 0.2) is 48.8 Å². The maximum atomic E-state index is 13.2. The number of benzene rings is 1. The summed E-state index contributed by atoms with van der Waals surface area (Å²) in [6.45, 7) is 0. The molecule has 0 aliphatic heterocycles. The van der Waals surface area contributed by atoms with E-state index in [1.807, 2.05) is 18.2 Å². The van der Waals surface area contributed by atoms with Gasteiger partial charge in [0.25, 0.3) is 0 Å². The molecule has 0 unspecified atom stereocenters. The van der Waals surface area contributed by atoms with Crippen molar-refractivity contribution in [3.8, 4) is 22.8 Å². The molecule has 1 fully saturated rings. The van der Waals surface area contributed by atoms with Crippen LogP contribution in [-0.2, 0) is 6.18 Å². The fourth-order valence-electron chi connectivity index (χ4n) is 4.06. The second kappa shape index (κ2) is 9.09. The molecule has 0 saturated heterocycles. The molecule has 3 N–H and O–H groups in total. The normalized spacial score (nSPS) is 14.9. The summed E-state index contributed by atoms with van der Waals surface area (Å²) in [5, 5.41) is 4.45. The van der Waals surface area contributed by atoms with Crippen LogP contribution in [0.25, 0.3) is 21.5 Å². The van der Waals surface area contributed by atoms with E-state index in [1.54, 1.807) is 23.5 Å². The molecule has 0 radical (unpaired) electrons. The van der Waals surface area contributed by atoms with Crippen LogP contribution in [0, 0.1) is 0 Å². The van der Waals surface area contributed by atoms with Crippen molar-refractivity contribution in [2.75, 3.05) is 11.1 Å². The van der Waals surface area contributed by atoms with Crippen LogP contribution in [0.2, 0.25) is 0 Å². The summed E-state index contributed by atoms with van der Waals surface area (Å²) in [5.41, 5.74) is 5.79. The Hall–Kier alpha value is -3.40. The minimum atomic E-state index is -4.60. The first kappa shape index (κ1) is 22.4. The van der Waals surface area contributed by atoms with E-state index in [0.29, 0.717) is 23.2 Å². The number of anilines is 2. The minimum Gasteiger partial charge on any atom is -0.457 e. The fourth-order valence-corrected chi connectivity index (χ4v) is 5.03. The lowest BCUT2D eigenvalue weighted by Crippen LogP contribution is -2.21. The van der Waals surface area contributed by atoms with Gasteiger partial charge in [-0.05, 0) is 37.1 Å². The highest BCUT2D eigenvalue weighted by Gasteiger charge is 2.34. The predicted molar refractivity (Wildman–Crippen MR) is 127 cm³/mol. The SMILES string of the molecule is Nc1ncc(-c2cc(Oc3ccc4nc(NC5CCCCC5)sc4c3)ccn2)cc1C(F)(F)F. The summed E-state index contributed by atoms with van der Waals surface area (Å²) in [6, 6.07) is 10.3. The number of rotatable bonds is 5. The number of alkyl halides is 3. The quantitative estimate of drug-likeness (QED) is 0.320. The third-order valence-corrected chi connectivity index (χ3v) is 6.73. The van der Waals surface area contributed by atoms with Gasteiger partial charge in [0.05, 0.1) is 21.5 Å². The summed E-state index contributed by atoms with van der Waals surface area (Å²) in [5.74, 6) is 0.475. The number of aromatic nitrogens is 3. The highest BCUT2D eigenvalue weighted by atomic mass is 32.1. The van der Waals surface area contributed by atoms with E-state index in [9.17, 15) is 13.2 Å². The molecule has 1 aliphatic rings. The van der Waals surface area contributed by atoms with Crippen LogP contribution in [0.4, 0.5) is 24.1 Å². The first-order valence-corrected chi connectivity index (χ1v) is 11.8. The summed E-state index contributed by atoms with van der Waals surface area (Å²) in [7, 11) is 0. The van der Waals surface area contributed by atoms with Gasteiger partial charge in [0.15, 0.2) is 5.13 Å². The van der Waals surface area contributed by atoms with E-state index in [4.69, 9.17) is 10.5 Å². The number of ether oxygens (including phenoxy) is 1. The summed E-state index contributed by atoms with van der Waals surface area (Å²) >= 11 is 1.58. The van der Waals surface area contributed by atoms with Gasteiger partial charge in [-0.15, -0.1) is 0 Å². The number of nitrogens with zero attached hydrogens (tertiary/aromatic N) is 3. The first-order chi connectivity index (χ1) is 16.3. The van der Waals surface area contributed by atoms with Crippen molar-refractivity contribution in [1.29, 1.82) is 0 Å². The molecule has 34 heavy (non-hydrogen) atoms. The lowest BCUT2D eigenvalue weighted by Gasteiger charge is -2.22. The average molecular weight is 486 g/mol. The lowest BCUT2D eigenvalue weighted by atomic mass is 9.96. The Balaban J connectivity index is 1.35. The van der Waals surface area contributed by atoms with Gasteiger partial charge in [-0.1, -0.05) is 30.6 Å². The Morgan fingerprint density at radius 3 is 2.59 bits per heavy atom. The topological polar surface area (TPSA) is 86.0 Å². The van der Waals surface area contributed by atoms with Crippen LogP contribution >= 0.6 is 11.3 Å². The first-order valence-electron chi connectivity index (χ1n) is 11.0. The molecule has 0 spiro atoms. The summed E-state index contributed by atoms with van der Waals surface area (Å²) < 4.78 is 46.6. The molecular weight excluding hydrogens is 463 g/mol. The number of nitrogen functional groups attached to an aromatic ring is 1. The largest absolute Gasteiger partial charge is 0.457 e. The summed E-state index contributed by atoms with van der Waals surface area (Å²) in [4.78, 5) is 12.5. The number of thiazole rings is 1. The van der Waals surface area contributed by atoms with Crippen molar-refractivity contribution in [1.82, 2.24) is 15.0 Å². The van der Waals surface area contributed by atoms with E-state index in [2.05, 4.69) is 20.3 Å². The van der Waals surface area contributed by atoms with Gasteiger partial charge in [0, 0.05) is 36.1 Å². The monoisotopic (exact) mass is 485 g/mol. The van der Waals surface area contributed by atoms with Crippen LogP contribution in [-0.4, -0.2) is 21.0 Å². The van der Waals surface area contributed by atoms with Crippen LogP contribution in [0.3, 0.4) is 0 Å². The van der Waals surface area contributed by atoms with E-state index in [0.717, 1.165) is 21.4 Å². The molecule has 3 heterocycles. The minimum absolute atomic E-state index is 0.198. The fraction of sp³-hybridized carbons (Fsp3) is 0.292. The third-order valence-electron chi connectivity index (χ3n) is 5.78. The van der Waals surface area contributed by atoms with E-state index in [-0.39, 0.29) is 5.56 Å². The van der Waals surface area contributed by atoms with E-state index >= 15 is 0 Å². The number of hydrogen-bond donors (Lipinski definition) is 2. The van der Waals surface area contributed by atoms with Crippen LogP contribution in [0.5, 0.6) is 11.5 Å². The average Bonchev–Trinajstić information content (AvgIpc) is 3.21. The summed E-state index contributed by atoms with van der Waals surface area (Å²) in [6.07, 6.45) is 4.28. The Morgan fingerprint density at radius 2 is 1.79 bits per heavy atom. The number of halogens is 3. The highest BCUT2D eigenvalue weighted by Crippen LogP contribution is 2.36. The van der Waals surface area contributed by atoms with E-state index < -0.39 is 17.6 Å². The number of nitrogens with two attached hydrogens (primary N) is 1. The molecule has 5 rings (SSSR count). The number of pyridine rings is 2. The number of nitrogens with one attached hydrogen (secondary N) is 1. The molecule has 1 aromatic carbocycles. The van der Waals surface area contributed by atoms with Gasteiger partial charge in [-0.3, -0.25) is 4.98 Å². The zero-order valence-electron chi connectivity index (χ0n) is 18.1. The van der Waals surface area contributed by atoms with Crippen molar-refractivity contribution < 1.29 is 17.9 Å². The van der Waals surface area contributed by atoms with Crippen LogP contribution in [0.1, 0.15) is 37.7 Å². The predicted octanol–water partition coefficient (Wildman–Crippen LogP) is 6.89. The van der Waals surface area contributed by atoms with Crippen molar-refractivity contribution >= 4 is 32.5 Å². The van der Waals surface area contributed by atoms with Gasteiger partial charge in [-0.25, -0.2) is 9.97 Å².